The number of nitrogens with zero attached hydrogens (tertiary/aromatic N) is 6. The molecule has 0 radical (unpaired) electrons. The van der Waals surface area contributed by atoms with Crippen LogP contribution in [0.3, 0.4) is 0 Å². The number of aliphatic carboxylic acids is 1. The van der Waals surface area contributed by atoms with Gasteiger partial charge in [0.05, 0.1) is 0 Å². The Morgan fingerprint density at radius 1 is 1.30 bits per heavy atom. The molecule has 0 bridgehead atoms. The lowest BCUT2D eigenvalue weighted by Gasteiger charge is -2.49. The summed E-state index contributed by atoms with van der Waals surface area (Å²) in [6.45, 7) is -0.386. The van der Waals surface area contributed by atoms with E-state index in [2.05, 4.69) is 31.6 Å². The zero-order chi connectivity index (χ0) is 28.6. The number of aryl methyl sites for hydroxylation is 1. The zero-order valence-electron chi connectivity index (χ0n) is 20.4. The summed E-state index contributed by atoms with van der Waals surface area (Å²) in [4.78, 5) is 75.7. The second-order valence-electron chi connectivity index (χ2n) is 8.50. The van der Waals surface area contributed by atoms with Crippen molar-refractivity contribution in [1.82, 2.24) is 51.5 Å². The van der Waals surface area contributed by atoms with Crippen LogP contribution in [0.25, 0.3) is 0 Å². The van der Waals surface area contributed by atoms with E-state index in [4.69, 9.17) is 0 Å². The highest BCUT2D eigenvalue weighted by molar-refractivity contribution is 8.01. The average molecular weight is 609 g/mol. The maximum Gasteiger partial charge on any atom is 0.352 e. The molecule has 5 heterocycles. The average Bonchev–Trinajstić information content (AvgIpc) is 3.66. The Kier molecular flexibility index (Phi) is 7.63. The van der Waals surface area contributed by atoms with E-state index in [0.29, 0.717) is 21.4 Å². The number of imide groups is 1. The normalized spacial score (nSPS) is 21.0. The largest absolute Gasteiger partial charge is 0.477 e. The third kappa shape index (κ3) is 5.31. The monoisotopic (exact) mass is 608 g/mol. The number of nitrogens with one attached hydrogen (secondary N) is 4. The first-order chi connectivity index (χ1) is 19.1. The molecule has 5 N–H and O–H groups in total. The molecule has 0 aliphatic carbocycles. The fraction of sp³-hybridized carbons (Fsp3) is 0.350. The SMILES string of the molecule is Cn1nnnc1SCC1=C(C(=O)O)N2C(=O)[C@H](NC(=O)C(NC(=O)NN3CC(=O)NC3=O)c3cccs3)C2SC1. The van der Waals surface area contributed by atoms with Crippen LogP contribution >= 0.6 is 34.9 Å². The van der Waals surface area contributed by atoms with E-state index < -0.39 is 53.2 Å². The number of aromatic nitrogens is 4. The molecule has 2 aromatic heterocycles. The summed E-state index contributed by atoms with van der Waals surface area (Å²) in [6.07, 6.45) is 0. The van der Waals surface area contributed by atoms with Gasteiger partial charge in [-0.2, -0.15) is 0 Å². The highest BCUT2D eigenvalue weighted by atomic mass is 32.2. The van der Waals surface area contributed by atoms with Crippen molar-refractivity contribution in [2.75, 3.05) is 18.1 Å². The minimum Gasteiger partial charge on any atom is -0.477 e. The number of hydrogen-bond donors (Lipinski definition) is 5. The summed E-state index contributed by atoms with van der Waals surface area (Å²) in [5.41, 5.74) is 2.57. The number of tetrazole rings is 1. The topological polar surface area (TPSA) is 221 Å². The van der Waals surface area contributed by atoms with Crippen LogP contribution in [0.4, 0.5) is 9.59 Å². The van der Waals surface area contributed by atoms with E-state index in [-0.39, 0.29) is 18.0 Å². The van der Waals surface area contributed by atoms with E-state index in [1.54, 1.807) is 24.6 Å². The Labute approximate surface area is 237 Å². The fourth-order valence-corrected chi connectivity index (χ4v) is 7.17. The molecule has 2 fully saturated rings. The second-order valence-corrected chi connectivity index (χ2v) is 11.5. The number of thioether (sulfide) groups is 2. The van der Waals surface area contributed by atoms with Gasteiger partial charge in [0.25, 0.3) is 5.91 Å². The standard InChI is InChI=1S/C20H20N10O7S3/c1-28-20(24-26-27-28)40-7-8-6-39-16-12(15(33)30(16)13(8)17(34)35)22-14(32)11(9-3-2-4-38-9)23-18(36)25-29-5-10(31)21-19(29)37/h2-4,11-12,16H,5-7H2,1H3,(H,22,32)(H,34,35)(H,21,31,37)(H2,23,25,36)/t11?,12-,16?/m0/s1. The molecule has 17 nitrogen and oxygen atoms in total. The van der Waals surface area contributed by atoms with Gasteiger partial charge in [-0.1, -0.05) is 17.8 Å². The molecule has 0 saturated carbocycles. The number of β-lactam (4-membered cyclic amide) rings is 1. The van der Waals surface area contributed by atoms with Gasteiger partial charge in [0.1, 0.15) is 29.7 Å². The van der Waals surface area contributed by atoms with E-state index in [1.807, 2.05) is 5.32 Å². The Hall–Kier alpha value is -4.17. The first-order valence-electron chi connectivity index (χ1n) is 11.4. The van der Waals surface area contributed by atoms with Crippen molar-refractivity contribution in [3.05, 3.63) is 33.7 Å². The molecule has 2 unspecified atom stereocenters. The van der Waals surface area contributed by atoms with Crippen LogP contribution in [0.2, 0.25) is 0 Å². The van der Waals surface area contributed by atoms with Crippen LogP contribution in [0, 0.1) is 0 Å². The molecule has 2 saturated heterocycles. The lowest BCUT2D eigenvalue weighted by Crippen LogP contribution is -2.71. The van der Waals surface area contributed by atoms with Gasteiger partial charge >= 0.3 is 18.0 Å². The summed E-state index contributed by atoms with van der Waals surface area (Å²) in [5, 5.41) is 30.4. The molecule has 210 valence electrons. The molecule has 3 atom stereocenters. The van der Waals surface area contributed by atoms with E-state index in [1.165, 1.54) is 39.5 Å². The summed E-state index contributed by atoms with van der Waals surface area (Å²) >= 11 is 3.71. The zero-order valence-corrected chi connectivity index (χ0v) is 22.8. The van der Waals surface area contributed by atoms with Gasteiger partial charge in [-0.3, -0.25) is 24.6 Å². The summed E-state index contributed by atoms with van der Waals surface area (Å²) in [5.74, 6) is -2.64. The number of hydrogen-bond acceptors (Lipinski definition) is 12. The predicted octanol–water partition coefficient (Wildman–Crippen LogP) is -1.39. The number of urea groups is 2. The van der Waals surface area contributed by atoms with Gasteiger partial charge in [-0.05, 0) is 27.4 Å². The summed E-state index contributed by atoms with van der Waals surface area (Å²) < 4.78 is 1.45. The highest BCUT2D eigenvalue weighted by Crippen LogP contribution is 2.41. The first-order valence-corrected chi connectivity index (χ1v) is 14.3. The minimum absolute atomic E-state index is 0.146. The number of thiophene rings is 1. The van der Waals surface area contributed by atoms with Crippen molar-refractivity contribution in [3.8, 4) is 0 Å². The van der Waals surface area contributed by atoms with Crippen LogP contribution in [-0.2, 0) is 26.2 Å². The number of carboxylic acids is 1. The van der Waals surface area contributed by atoms with Crippen molar-refractivity contribution in [3.63, 3.8) is 0 Å². The fourth-order valence-electron chi connectivity index (χ4n) is 4.07. The minimum atomic E-state index is -1.27. The van der Waals surface area contributed by atoms with Gasteiger partial charge in [0, 0.05) is 23.4 Å². The number of carbonyl (C=O) groups excluding carboxylic acids is 5. The maximum atomic E-state index is 13.3. The van der Waals surface area contributed by atoms with Crippen LogP contribution < -0.4 is 21.4 Å². The smallest absolute Gasteiger partial charge is 0.352 e. The van der Waals surface area contributed by atoms with Crippen molar-refractivity contribution in [2.24, 2.45) is 7.05 Å². The molecule has 5 rings (SSSR count). The lowest BCUT2D eigenvalue weighted by atomic mass is 10.0. The van der Waals surface area contributed by atoms with Gasteiger partial charge in [0.15, 0.2) is 0 Å². The van der Waals surface area contributed by atoms with Gasteiger partial charge in [-0.25, -0.2) is 29.5 Å². The molecular formula is C20H20N10O7S3. The van der Waals surface area contributed by atoms with E-state index in [9.17, 15) is 33.9 Å². The maximum absolute atomic E-state index is 13.3. The van der Waals surface area contributed by atoms with Crippen LogP contribution in [0.1, 0.15) is 10.9 Å². The molecule has 0 aromatic carbocycles. The Bertz CT molecular complexity index is 1430. The molecule has 40 heavy (non-hydrogen) atoms. The number of carbonyl (C=O) groups is 6. The van der Waals surface area contributed by atoms with Crippen molar-refractivity contribution >= 4 is 70.6 Å². The quantitative estimate of drug-likeness (QED) is 0.126. The van der Waals surface area contributed by atoms with Gasteiger partial charge < -0.3 is 15.7 Å². The third-order valence-corrected chi connectivity index (χ3v) is 9.27. The predicted molar refractivity (Wildman–Crippen MR) is 138 cm³/mol. The van der Waals surface area contributed by atoms with Crippen LogP contribution in [-0.4, -0.2) is 100 Å². The molecule has 2 aromatic rings. The van der Waals surface area contributed by atoms with Crippen molar-refractivity contribution in [1.29, 1.82) is 0 Å². The Morgan fingerprint density at radius 3 is 2.73 bits per heavy atom. The molecule has 7 amide bonds. The van der Waals surface area contributed by atoms with Crippen LogP contribution in [0.15, 0.2) is 33.9 Å². The number of hydrazine groups is 1. The van der Waals surface area contributed by atoms with Crippen molar-refractivity contribution < 1.29 is 33.9 Å². The number of rotatable bonds is 9. The summed E-state index contributed by atoms with van der Waals surface area (Å²) in [6, 6.07) is -0.742. The second kappa shape index (κ2) is 11.1. The molecule has 20 heteroatoms. The molecule has 3 aliphatic heterocycles. The van der Waals surface area contributed by atoms with Gasteiger partial charge in [-0.15, -0.1) is 28.2 Å². The first kappa shape index (κ1) is 27.4. The number of amides is 7. The number of fused-ring (bicyclic) bond motifs is 1. The Balaban J connectivity index is 1.26. The molecule has 3 aliphatic rings. The van der Waals surface area contributed by atoms with E-state index >= 15 is 0 Å². The third-order valence-electron chi connectivity index (χ3n) is 5.90. The lowest BCUT2D eigenvalue weighted by molar-refractivity contribution is -0.150. The summed E-state index contributed by atoms with van der Waals surface area (Å²) in [7, 11) is 1.65. The van der Waals surface area contributed by atoms with E-state index in [0.717, 1.165) is 9.91 Å². The Morgan fingerprint density at radius 2 is 2.10 bits per heavy atom. The van der Waals surface area contributed by atoms with Crippen LogP contribution in [0.5, 0.6) is 0 Å². The molecule has 0 spiro atoms. The van der Waals surface area contributed by atoms with Gasteiger partial charge in [0.2, 0.25) is 17.0 Å². The number of carboxylic acid groups (broad SMARTS) is 1. The van der Waals surface area contributed by atoms with Crippen molar-refractivity contribution in [2.45, 2.75) is 22.6 Å². The molecular weight excluding hydrogens is 588 g/mol. The highest BCUT2D eigenvalue weighted by Gasteiger charge is 2.54.